The third-order valence-corrected chi connectivity index (χ3v) is 7.31. The topological polar surface area (TPSA) is 57.2 Å². The molecule has 2 rings (SSSR count). The zero-order valence-electron chi connectivity index (χ0n) is 18.7. The normalized spacial score (nSPS) is 31.5. The first-order chi connectivity index (χ1) is 13.4. The van der Waals surface area contributed by atoms with E-state index >= 15 is 0 Å². The zero-order chi connectivity index (χ0) is 20.7. The second-order valence-corrected chi connectivity index (χ2v) is 8.71. The Hall–Kier alpha value is -0.690. The van der Waals surface area contributed by atoms with Crippen molar-refractivity contribution in [2.75, 3.05) is 42.0 Å². The molecule has 6 heteroatoms. The third-order valence-electron chi connectivity index (χ3n) is 7.31. The number of likely N-dealkylation sites (N-methyl/N-ethyl adjacent to an activating group) is 1. The van der Waals surface area contributed by atoms with Crippen molar-refractivity contribution in [1.29, 1.82) is 0 Å². The van der Waals surface area contributed by atoms with E-state index in [1.165, 1.54) is 32.1 Å². The monoisotopic (exact) mass is 399 g/mol. The van der Waals surface area contributed by atoms with Gasteiger partial charge in [0, 0.05) is 21.3 Å². The van der Waals surface area contributed by atoms with E-state index in [1.54, 1.807) is 21.3 Å². The highest BCUT2D eigenvalue weighted by molar-refractivity contribution is 5.72. The van der Waals surface area contributed by atoms with E-state index in [9.17, 15) is 4.79 Å². The molecule has 0 amide bonds. The van der Waals surface area contributed by atoms with Gasteiger partial charge in [-0.15, -0.1) is 0 Å². The number of rotatable bonds is 9. The lowest BCUT2D eigenvalue weighted by Crippen LogP contribution is -2.55. The molecule has 0 heterocycles. The van der Waals surface area contributed by atoms with Crippen molar-refractivity contribution >= 4 is 5.97 Å². The summed E-state index contributed by atoms with van der Waals surface area (Å²) in [6.07, 6.45) is 8.04. The Morgan fingerprint density at radius 2 is 1.54 bits per heavy atom. The summed E-state index contributed by atoms with van der Waals surface area (Å²) in [7, 11) is 9.23. The van der Waals surface area contributed by atoms with E-state index in [0.29, 0.717) is 25.4 Å². The first kappa shape index (κ1) is 23.6. The van der Waals surface area contributed by atoms with Crippen LogP contribution in [0.5, 0.6) is 0 Å². The molecule has 0 saturated heterocycles. The summed E-state index contributed by atoms with van der Waals surface area (Å²) >= 11 is 0. The average Bonchev–Trinajstić information content (AvgIpc) is 2.73. The lowest BCUT2D eigenvalue weighted by molar-refractivity contribution is -0.172. The van der Waals surface area contributed by atoms with Crippen molar-refractivity contribution in [1.82, 2.24) is 4.90 Å². The maximum absolute atomic E-state index is 13.0. The van der Waals surface area contributed by atoms with Crippen LogP contribution in [0, 0.1) is 11.8 Å². The van der Waals surface area contributed by atoms with Gasteiger partial charge in [-0.05, 0) is 52.1 Å². The Labute approximate surface area is 171 Å². The van der Waals surface area contributed by atoms with Gasteiger partial charge in [0.15, 0.2) is 0 Å². The average molecular weight is 400 g/mol. The van der Waals surface area contributed by atoms with E-state index in [2.05, 4.69) is 25.9 Å². The van der Waals surface area contributed by atoms with Gasteiger partial charge >= 0.3 is 5.97 Å². The van der Waals surface area contributed by atoms with Gasteiger partial charge in [0.1, 0.15) is 12.7 Å². The smallest absolute Gasteiger partial charge is 0.309 e. The highest BCUT2D eigenvalue weighted by atomic mass is 16.6. The Balaban J connectivity index is 2.05. The summed E-state index contributed by atoms with van der Waals surface area (Å²) in [6, 6.07) is 0. The van der Waals surface area contributed by atoms with E-state index in [1.807, 2.05) is 0 Å². The number of hydrogen-bond donors (Lipinski definition) is 0. The highest BCUT2D eigenvalue weighted by Crippen LogP contribution is 2.39. The first-order valence-electron chi connectivity index (χ1n) is 10.9. The van der Waals surface area contributed by atoms with Crippen LogP contribution in [-0.4, -0.2) is 76.8 Å². The second kappa shape index (κ2) is 10.9. The van der Waals surface area contributed by atoms with Crippen LogP contribution in [0.4, 0.5) is 0 Å². The van der Waals surface area contributed by atoms with Gasteiger partial charge in [0.05, 0.1) is 23.7 Å². The van der Waals surface area contributed by atoms with E-state index in [-0.39, 0.29) is 35.7 Å². The molecule has 0 spiro atoms. The molecule has 28 heavy (non-hydrogen) atoms. The number of esters is 1. The molecule has 0 N–H and O–H groups in total. The minimum Gasteiger partial charge on any atom is -0.463 e. The molecule has 0 aromatic rings. The predicted molar refractivity (Wildman–Crippen MR) is 109 cm³/mol. The van der Waals surface area contributed by atoms with E-state index < -0.39 is 0 Å². The minimum absolute atomic E-state index is 0.0822. The summed E-state index contributed by atoms with van der Waals surface area (Å²) in [5, 5.41) is 0. The number of carbonyl (C=O) groups excluding carboxylic acids is 1. The van der Waals surface area contributed by atoms with Gasteiger partial charge in [-0.3, -0.25) is 4.79 Å². The molecule has 0 bridgehead atoms. The molecule has 0 aromatic carbocycles. The quantitative estimate of drug-likeness (QED) is 0.555. The van der Waals surface area contributed by atoms with Crippen molar-refractivity contribution in [3.05, 3.63) is 0 Å². The third kappa shape index (κ3) is 5.07. The summed E-state index contributed by atoms with van der Waals surface area (Å²) < 4.78 is 22.7. The number of hydrogen-bond acceptors (Lipinski definition) is 6. The Morgan fingerprint density at radius 3 is 1.96 bits per heavy atom. The number of nitrogens with zero attached hydrogens (tertiary/aromatic N) is 1. The van der Waals surface area contributed by atoms with Gasteiger partial charge in [-0.1, -0.05) is 26.2 Å². The van der Waals surface area contributed by atoms with Crippen molar-refractivity contribution in [3.63, 3.8) is 0 Å². The summed E-state index contributed by atoms with van der Waals surface area (Å²) in [5.41, 5.74) is -0.0822. The van der Waals surface area contributed by atoms with Crippen LogP contribution in [0.25, 0.3) is 0 Å². The number of methoxy groups -OCH3 is 3. The zero-order valence-corrected chi connectivity index (χ0v) is 18.7. The van der Waals surface area contributed by atoms with Crippen molar-refractivity contribution < 1.29 is 23.7 Å². The predicted octanol–water partition coefficient (Wildman–Crippen LogP) is 3.28. The number of carbonyl (C=O) groups is 1. The number of ether oxygens (including phenoxy) is 4. The first-order valence-corrected chi connectivity index (χ1v) is 10.9. The van der Waals surface area contributed by atoms with Crippen LogP contribution in [0.15, 0.2) is 0 Å². The van der Waals surface area contributed by atoms with Crippen LogP contribution in [0.3, 0.4) is 0 Å². The van der Waals surface area contributed by atoms with Crippen molar-refractivity contribution in [2.24, 2.45) is 11.8 Å². The van der Waals surface area contributed by atoms with Crippen LogP contribution in [0.2, 0.25) is 0 Å². The van der Waals surface area contributed by atoms with Gasteiger partial charge in [0.25, 0.3) is 0 Å². The van der Waals surface area contributed by atoms with Crippen LogP contribution < -0.4 is 0 Å². The van der Waals surface area contributed by atoms with Crippen LogP contribution in [0.1, 0.15) is 58.3 Å². The molecule has 3 atom stereocenters. The molecule has 2 saturated carbocycles. The second-order valence-electron chi connectivity index (χ2n) is 8.71. The van der Waals surface area contributed by atoms with Crippen LogP contribution in [-0.2, 0) is 23.7 Å². The fourth-order valence-corrected chi connectivity index (χ4v) is 5.39. The maximum atomic E-state index is 13.0. The maximum Gasteiger partial charge on any atom is 0.309 e. The van der Waals surface area contributed by atoms with E-state index in [0.717, 1.165) is 6.42 Å². The summed E-state index contributed by atoms with van der Waals surface area (Å²) in [4.78, 5) is 15.3. The molecular formula is C22H41NO5. The van der Waals surface area contributed by atoms with Crippen LogP contribution >= 0.6 is 0 Å². The Bertz CT molecular complexity index is 466. The van der Waals surface area contributed by atoms with Gasteiger partial charge in [0.2, 0.25) is 0 Å². The molecule has 164 valence electrons. The van der Waals surface area contributed by atoms with Gasteiger partial charge < -0.3 is 23.8 Å². The lowest BCUT2D eigenvalue weighted by Gasteiger charge is -2.47. The molecule has 3 unspecified atom stereocenters. The molecule has 0 radical (unpaired) electrons. The fourth-order valence-electron chi connectivity index (χ4n) is 5.39. The van der Waals surface area contributed by atoms with Crippen molar-refractivity contribution in [3.8, 4) is 0 Å². The largest absolute Gasteiger partial charge is 0.463 e. The lowest BCUT2D eigenvalue weighted by atomic mass is 9.72. The molecule has 2 fully saturated rings. The molecule has 2 aliphatic carbocycles. The van der Waals surface area contributed by atoms with Crippen molar-refractivity contribution in [2.45, 2.75) is 82.1 Å². The van der Waals surface area contributed by atoms with E-state index in [4.69, 9.17) is 18.9 Å². The highest BCUT2D eigenvalue weighted by Gasteiger charge is 2.44. The summed E-state index contributed by atoms with van der Waals surface area (Å²) in [5.74, 6) is 0.232. The standard InChI is InChI=1S/C22H41NO5/c1-7-22(23(2)3,17-11-9-8-10-12-17)15-28-21(24)16-13-18(25-4)20(27-6)19(14-16)26-5/h16-20H,7-15H2,1-6H3. The van der Waals surface area contributed by atoms with Gasteiger partial charge in [-0.2, -0.15) is 0 Å². The molecule has 2 aliphatic rings. The minimum atomic E-state index is -0.218. The SMILES string of the molecule is CCC(COC(=O)C1CC(OC)C(OC)C(OC)C1)(C1CCCCC1)N(C)C. The van der Waals surface area contributed by atoms with Gasteiger partial charge in [-0.25, -0.2) is 0 Å². The Morgan fingerprint density at radius 1 is 0.964 bits per heavy atom. The molecular weight excluding hydrogens is 358 g/mol. The fraction of sp³-hybridized carbons (Fsp3) is 0.955. The summed E-state index contributed by atoms with van der Waals surface area (Å²) in [6.45, 7) is 2.67. The Kier molecular flexibility index (Phi) is 9.19. The molecule has 6 nitrogen and oxygen atoms in total. The molecule has 0 aliphatic heterocycles. The molecule has 0 aromatic heterocycles.